The van der Waals surface area contributed by atoms with Crippen molar-refractivity contribution in [1.29, 1.82) is 0 Å². The second kappa shape index (κ2) is 4.43. The highest BCUT2D eigenvalue weighted by Gasteiger charge is 2.12. The summed E-state index contributed by atoms with van der Waals surface area (Å²) in [7, 11) is 0. The summed E-state index contributed by atoms with van der Waals surface area (Å²) in [5.74, 6) is -1.55. The van der Waals surface area contributed by atoms with Crippen LogP contribution in [0.2, 0.25) is 0 Å². The van der Waals surface area contributed by atoms with Crippen molar-refractivity contribution >= 4 is 17.7 Å². The second-order valence-corrected chi connectivity index (χ2v) is 1.99. The van der Waals surface area contributed by atoms with Crippen molar-refractivity contribution in [3.05, 3.63) is 0 Å². The molecule has 11 heavy (non-hydrogen) atoms. The van der Waals surface area contributed by atoms with E-state index in [0.29, 0.717) is 6.42 Å². The molecule has 0 heterocycles. The topological polar surface area (TPSA) is 89.3 Å². The summed E-state index contributed by atoms with van der Waals surface area (Å²) >= 11 is 0. The van der Waals surface area contributed by atoms with Crippen LogP contribution in [0, 0.1) is 0 Å². The highest BCUT2D eigenvalue weighted by Crippen LogP contribution is 1.87. The van der Waals surface area contributed by atoms with Gasteiger partial charge in [0.05, 0.1) is 0 Å². The van der Waals surface area contributed by atoms with Gasteiger partial charge in [-0.1, -0.05) is 6.92 Å². The molecule has 3 amide bonds. The zero-order valence-electron chi connectivity index (χ0n) is 6.22. The fourth-order valence-electron chi connectivity index (χ4n) is 0.522. The van der Waals surface area contributed by atoms with E-state index >= 15 is 0 Å². The van der Waals surface area contributed by atoms with E-state index in [-0.39, 0.29) is 6.42 Å². The summed E-state index contributed by atoms with van der Waals surface area (Å²) < 4.78 is 0. The number of Topliss-reactive ketones (excluding diaryl/α,β-unsaturated/α-hetero) is 1. The maximum atomic E-state index is 10.7. The fraction of sp³-hybridized carbons (Fsp3) is 0.500. The third-order valence-corrected chi connectivity index (χ3v) is 0.967. The maximum Gasteiger partial charge on any atom is 0.319 e. The van der Waals surface area contributed by atoms with Gasteiger partial charge in [0.1, 0.15) is 0 Å². The number of carbonyl (C=O) groups is 3. The quantitative estimate of drug-likeness (QED) is 0.545. The molecule has 0 saturated carbocycles. The molecule has 0 aliphatic rings. The molecule has 0 saturated heterocycles. The Hall–Kier alpha value is -1.39. The van der Waals surface area contributed by atoms with Crippen molar-refractivity contribution in [2.75, 3.05) is 0 Å². The van der Waals surface area contributed by atoms with E-state index in [1.165, 1.54) is 0 Å². The van der Waals surface area contributed by atoms with E-state index in [1.54, 1.807) is 12.2 Å². The van der Waals surface area contributed by atoms with Gasteiger partial charge in [-0.2, -0.15) is 0 Å². The number of amides is 3. The number of nitrogens with one attached hydrogen (secondary N) is 1. The normalized spacial score (nSPS) is 8.82. The lowest BCUT2D eigenvalue weighted by Crippen LogP contribution is -2.39. The summed E-state index contributed by atoms with van der Waals surface area (Å²) in [6.07, 6.45) is 0.712. The van der Waals surface area contributed by atoms with Gasteiger partial charge in [-0.25, -0.2) is 4.79 Å². The van der Waals surface area contributed by atoms with Crippen LogP contribution in [0.5, 0.6) is 0 Å². The first kappa shape index (κ1) is 9.61. The Labute approximate surface area is 63.9 Å². The van der Waals surface area contributed by atoms with Gasteiger partial charge >= 0.3 is 6.03 Å². The van der Waals surface area contributed by atoms with Gasteiger partial charge in [0, 0.05) is 6.42 Å². The molecule has 0 bridgehead atoms. The zero-order valence-corrected chi connectivity index (χ0v) is 6.22. The molecular weight excluding hydrogens is 148 g/mol. The number of urea groups is 1. The van der Waals surface area contributed by atoms with Gasteiger partial charge in [0.25, 0.3) is 5.91 Å². The Morgan fingerprint density at radius 1 is 1.36 bits per heavy atom. The second-order valence-electron chi connectivity index (χ2n) is 1.99. The lowest BCUT2D eigenvalue weighted by molar-refractivity contribution is -0.137. The average Bonchev–Trinajstić information content (AvgIpc) is 1.86. The highest BCUT2D eigenvalue weighted by atomic mass is 16.2. The third-order valence-electron chi connectivity index (χ3n) is 0.967. The van der Waals surface area contributed by atoms with E-state index < -0.39 is 17.7 Å². The Morgan fingerprint density at radius 2 is 1.91 bits per heavy atom. The summed E-state index contributed by atoms with van der Waals surface area (Å²) in [4.78, 5) is 31.3. The minimum atomic E-state index is -1.00. The van der Waals surface area contributed by atoms with Gasteiger partial charge < -0.3 is 5.73 Å². The molecule has 0 aliphatic carbocycles. The van der Waals surface area contributed by atoms with Crippen LogP contribution in [-0.4, -0.2) is 17.7 Å². The number of nitrogens with two attached hydrogens (primary N) is 1. The average molecular weight is 158 g/mol. The zero-order chi connectivity index (χ0) is 8.85. The van der Waals surface area contributed by atoms with Crippen LogP contribution in [0.3, 0.4) is 0 Å². The number of primary amides is 1. The predicted molar refractivity (Wildman–Crippen MR) is 37.6 cm³/mol. The van der Waals surface area contributed by atoms with E-state index in [2.05, 4.69) is 5.73 Å². The molecule has 3 N–H and O–H groups in total. The minimum absolute atomic E-state index is 0.138. The summed E-state index contributed by atoms with van der Waals surface area (Å²) in [6.45, 7) is 1.76. The number of ketones is 1. The molecular formula is C6H10N2O3. The predicted octanol–water partition coefficient (Wildman–Crippen LogP) is -0.449. The van der Waals surface area contributed by atoms with Crippen LogP contribution < -0.4 is 11.1 Å². The fourth-order valence-corrected chi connectivity index (χ4v) is 0.522. The van der Waals surface area contributed by atoms with Crippen LogP contribution in [0.25, 0.3) is 0 Å². The van der Waals surface area contributed by atoms with E-state index in [9.17, 15) is 14.4 Å². The van der Waals surface area contributed by atoms with Crippen molar-refractivity contribution in [2.45, 2.75) is 19.8 Å². The number of carbonyl (C=O) groups excluding carboxylic acids is 3. The monoisotopic (exact) mass is 158 g/mol. The van der Waals surface area contributed by atoms with Crippen LogP contribution >= 0.6 is 0 Å². The third kappa shape index (κ3) is 4.07. The van der Waals surface area contributed by atoms with Gasteiger partial charge in [-0.3, -0.25) is 14.9 Å². The van der Waals surface area contributed by atoms with Gasteiger partial charge in [-0.15, -0.1) is 0 Å². The molecule has 0 aromatic rings. The summed E-state index contributed by atoms with van der Waals surface area (Å²) in [6, 6.07) is -1.00. The highest BCUT2D eigenvalue weighted by molar-refractivity contribution is 6.38. The first-order valence-corrected chi connectivity index (χ1v) is 3.21. The van der Waals surface area contributed by atoms with Crippen molar-refractivity contribution in [3.63, 3.8) is 0 Å². The van der Waals surface area contributed by atoms with Gasteiger partial charge in [0.2, 0.25) is 5.78 Å². The van der Waals surface area contributed by atoms with Crippen LogP contribution in [0.1, 0.15) is 19.8 Å². The van der Waals surface area contributed by atoms with Crippen molar-refractivity contribution in [3.8, 4) is 0 Å². The molecule has 0 atom stereocenters. The summed E-state index contributed by atoms with van der Waals surface area (Å²) in [5, 5.41) is 1.68. The van der Waals surface area contributed by atoms with E-state index in [1.807, 2.05) is 0 Å². The van der Waals surface area contributed by atoms with E-state index in [4.69, 9.17) is 0 Å². The van der Waals surface area contributed by atoms with Crippen molar-refractivity contribution < 1.29 is 14.4 Å². The Balaban J connectivity index is 3.83. The van der Waals surface area contributed by atoms with E-state index in [0.717, 1.165) is 0 Å². The molecule has 0 unspecified atom stereocenters. The Bertz CT molecular complexity index is 188. The number of imide groups is 1. The molecule has 5 heteroatoms. The minimum Gasteiger partial charge on any atom is -0.351 e. The molecule has 0 aromatic carbocycles. The summed E-state index contributed by atoms with van der Waals surface area (Å²) in [5.41, 5.74) is 4.60. The molecule has 0 fully saturated rings. The lowest BCUT2D eigenvalue weighted by Gasteiger charge is -1.96. The number of rotatable bonds is 3. The van der Waals surface area contributed by atoms with Crippen molar-refractivity contribution in [2.24, 2.45) is 5.73 Å². The molecule has 0 radical (unpaired) electrons. The lowest BCUT2D eigenvalue weighted by atomic mass is 10.2. The van der Waals surface area contributed by atoms with Gasteiger partial charge in [0.15, 0.2) is 0 Å². The Kier molecular flexibility index (Phi) is 3.87. The van der Waals surface area contributed by atoms with Crippen molar-refractivity contribution in [1.82, 2.24) is 5.32 Å². The molecule has 5 nitrogen and oxygen atoms in total. The smallest absolute Gasteiger partial charge is 0.319 e. The Morgan fingerprint density at radius 3 is 2.27 bits per heavy atom. The standard InChI is InChI=1S/C6H10N2O3/c1-2-3-4(9)5(10)8-6(7)11/h2-3H2,1H3,(H3,7,8,10,11). The number of hydrogen-bond donors (Lipinski definition) is 2. The molecule has 0 aliphatic heterocycles. The molecule has 62 valence electrons. The van der Waals surface area contributed by atoms with Crippen LogP contribution in [0.15, 0.2) is 0 Å². The molecule has 0 aromatic heterocycles. The SMILES string of the molecule is CCCC(=O)C(=O)NC(N)=O. The first-order valence-electron chi connectivity index (χ1n) is 3.21. The molecule has 0 spiro atoms. The largest absolute Gasteiger partial charge is 0.351 e. The maximum absolute atomic E-state index is 10.7. The number of hydrogen-bond acceptors (Lipinski definition) is 3. The van der Waals surface area contributed by atoms with Crippen LogP contribution in [-0.2, 0) is 9.59 Å². The molecule has 0 rings (SSSR count). The van der Waals surface area contributed by atoms with Gasteiger partial charge in [-0.05, 0) is 6.42 Å². The first-order chi connectivity index (χ1) is 5.07. The van der Waals surface area contributed by atoms with Crippen LogP contribution in [0.4, 0.5) is 4.79 Å².